The van der Waals surface area contributed by atoms with Gasteiger partial charge in [-0.25, -0.2) is 0 Å². The summed E-state index contributed by atoms with van der Waals surface area (Å²) in [5, 5.41) is 0. The molecule has 106 valence electrons. The number of allylic oxidation sites excluding steroid dienone is 3. The number of hydrogen-bond donors (Lipinski definition) is 0. The highest BCUT2D eigenvalue weighted by atomic mass is 16.7. The average molecular weight is 278 g/mol. The quantitative estimate of drug-likeness (QED) is 0.306. The van der Waals surface area contributed by atoms with Crippen LogP contribution in [0.1, 0.15) is 27.7 Å². The Morgan fingerprint density at radius 2 is 1.40 bits per heavy atom. The minimum atomic E-state index is -1.74. The molecule has 0 amide bonds. The Morgan fingerprint density at radius 1 is 0.900 bits per heavy atom. The monoisotopic (exact) mass is 278 g/mol. The van der Waals surface area contributed by atoms with Crippen molar-refractivity contribution in [2.24, 2.45) is 5.41 Å². The molecule has 1 fully saturated rings. The molecular formula is C14H14O6. The van der Waals surface area contributed by atoms with Gasteiger partial charge in [-0.1, -0.05) is 6.08 Å². The molecule has 0 bridgehead atoms. The zero-order valence-corrected chi connectivity index (χ0v) is 11.6. The molecule has 0 radical (unpaired) electrons. The zero-order valence-electron chi connectivity index (χ0n) is 11.6. The molecule has 1 aliphatic carbocycles. The number of carbonyl (C=O) groups excluding carboxylic acids is 4. The number of cyclic esters (lactones) is 2. The minimum Gasteiger partial charge on any atom is -0.422 e. The summed E-state index contributed by atoms with van der Waals surface area (Å²) in [5.41, 5.74) is -1.48. The van der Waals surface area contributed by atoms with Crippen LogP contribution >= 0.6 is 0 Å². The van der Waals surface area contributed by atoms with Crippen molar-refractivity contribution in [2.75, 3.05) is 0 Å². The van der Waals surface area contributed by atoms with E-state index >= 15 is 0 Å². The highest BCUT2D eigenvalue weighted by Crippen LogP contribution is 2.39. The first-order valence-electron chi connectivity index (χ1n) is 6.04. The van der Waals surface area contributed by atoms with Crippen LogP contribution in [0, 0.1) is 5.41 Å². The molecule has 0 unspecified atom stereocenters. The molecule has 2 rings (SSSR count). The third-order valence-corrected chi connectivity index (χ3v) is 3.31. The van der Waals surface area contributed by atoms with Gasteiger partial charge in [0.2, 0.25) is 11.6 Å². The number of rotatable bonds is 1. The Hall–Kier alpha value is -2.24. The molecule has 1 saturated heterocycles. The number of Topliss-reactive ketones (excluding diaryl/α,β-unsaturated/α-hetero) is 1. The summed E-state index contributed by atoms with van der Waals surface area (Å²) in [6.07, 6.45) is 2.32. The molecule has 1 aliphatic heterocycles. The first-order chi connectivity index (χ1) is 9.08. The van der Waals surface area contributed by atoms with Crippen LogP contribution in [0.5, 0.6) is 0 Å². The number of carbonyl (C=O) groups is 4. The normalized spacial score (nSPS) is 24.6. The van der Waals surface area contributed by atoms with E-state index in [1.165, 1.54) is 33.8 Å². The van der Waals surface area contributed by atoms with Crippen molar-refractivity contribution in [1.29, 1.82) is 0 Å². The van der Waals surface area contributed by atoms with Crippen LogP contribution in [-0.2, 0) is 28.7 Å². The highest BCUT2D eigenvalue weighted by molar-refractivity contribution is 6.48. The third-order valence-electron chi connectivity index (χ3n) is 3.31. The van der Waals surface area contributed by atoms with E-state index in [4.69, 9.17) is 9.47 Å². The molecule has 0 spiro atoms. The van der Waals surface area contributed by atoms with Crippen LogP contribution in [0.25, 0.3) is 0 Å². The van der Waals surface area contributed by atoms with Gasteiger partial charge in [-0.15, -0.1) is 0 Å². The summed E-state index contributed by atoms with van der Waals surface area (Å²) < 4.78 is 10.1. The largest absolute Gasteiger partial charge is 0.422 e. The molecule has 0 aromatic heterocycles. The van der Waals surface area contributed by atoms with Gasteiger partial charge < -0.3 is 9.47 Å². The molecule has 20 heavy (non-hydrogen) atoms. The smallest absolute Gasteiger partial charge is 0.331 e. The van der Waals surface area contributed by atoms with Gasteiger partial charge in [-0.3, -0.25) is 19.2 Å². The van der Waals surface area contributed by atoms with E-state index in [0.29, 0.717) is 0 Å². The van der Waals surface area contributed by atoms with E-state index in [1.54, 1.807) is 0 Å². The predicted molar refractivity (Wildman–Crippen MR) is 66.2 cm³/mol. The van der Waals surface area contributed by atoms with Crippen LogP contribution in [0.2, 0.25) is 0 Å². The molecule has 0 N–H and O–H groups in total. The summed E-state index contributed by atoms with van der Waals surface area (Å²) >= 11 is 0. The second kappa shape index (κ2) is 4.13. The van der Waals surface area contributed by atoms with E-state index in [-0.39, 0.29) is 11.1 Å². The predicted octanol–water partition coefficient (Wildman–Crippen LogP) is 0.853. The standard InChI is InChI=1S/C14H14O6/c1-7-5-8(6-9(15)10(7)16)14(4)11(17)19-13(2,3)20-12(14)18/h5-6H,1-4H3. The number of ketones is 2. The van der Waals surface area contributed by atoms with Gasteiger partial charge >= 0.3 is 11.9 Å². The van der Waals surface area contributed by atoms with Gasteiger partial charge in [0.05, 0.1) is 0 Å². The maximum atomic E-state index is 12.1. The topological polar surface area (TPSA) is 86.7 Å². The highest BCUT2D eigenvalue weighted by Gasteiger charge is 2.55. The van der Waals surface area contributed by atoms with Gasteiger partial charge in [-0.2, -0.15) is 0 Å². The van der Waals surface area contributed by atoms with E-state index in [0.717, 1.165) is 6.08 Å². The lowest BCUT2D eigenvalue weighted by atomic mass is 9.77. The van der Waals surface area contributed by atoms with E-state index < -0.39 is 34.7 Å². The van der Waals surface area contributed by atoms with Gasteiger partial charge in [0.25, 0.3) is 5.79 Å². The van der Waals surface area contributed by atoms with Gasteiger partial charge in [0.15, 0.2) is 5.41 Å². The minimum absolute atomic E-state index is 0.102. The van der Waals surface area contributed by atoms with Crippen LogP contribution < -0.4 is 0 Å². The SMILES string of the molecule is CC1=CC(C2(C)C(=O)OC(C)(C)OC2=O)=CC(=O)C1=O. The van der Waals surface area contributed by atoms with Crippen LogP contribution in [-0.4, -0.2) is 29.3 Å². The number of esters is 2. The summed E-state index contributed by atoms with van der Waals surface area (Å²) in [6, 6.07) is 0. The second-order valence-corrected chi connectivity index (χ2v) is 5.42. The van der Waals surface area contributed by atoms with E-state index in [2.05, 4.69) is 0 Å². The summed E-state index contributed by atoms with van der Waals surface area (Å²) in [5.74, 6) is -4.39. The Morgan fingerprint density at radius 3 is 1.85 bits per heavy atom. The van der Waals surface area contributed by atoms with Crippen LogP contribution in [0.15, 0.2) is 23.3 Å². The van der Waals surface area contributed by atoms with Gasteiger partial charge in [0.1, 0.15) is 0 Å². The molecular weight excluding hydrogens is 264 g/mol. The lowest BCUT2D eigenvalue weighted by Crippen LogP contribution is -2.53. The van der Waals surface area contributed by atoms with Crippen molar-refractivity contribution in [3.8, 4) is 0 Å². The molecule has 0 aromatic rings. The molecule has 6 nitrogen and oxygen atoms in total. The van der Waals surface area contributed by atoms with Crippen molar-refractivity contribution in [3.63, 3.8) is 0 Å². The summed E-state index contributed by atoms with van der Waals surface area (Å²) in [4.78, 5) is 47.3. The first kappa shape index (κ1) is 14.2. The zero-order chi connectivity index (χ0) is 15.3. The van der Waals surface area contributed by atoms with Crippen molar-refractivity contribution in [1.82, 2.24) is 0 Å². The first-order valence-corrected chi connectivity index (χ1v) is 6.04. The molecule has 6 heteroatoms. The lowest BCUT2D eigenvalue weighted by Gasteiger charge is -2.39. The van der Waals surface area contributed by atoms with E-state index in [9.17, 15) is 19.2 Å². The van der Waals surface area contributed by atoms with Gasteiger partial charge in [-0.05, 0) is 25.5 Å². The molecule has 2 aliphatic rings. The Labute approximate surface area is 115 Å². The van der Waals surface area contributed by atoms with Gasteiger partial charge in [0, 0.05) is 19.4 Å². The fraction of sp³-hybridized carbons (Fsp3) is 0.429. The summed E-state index contributed by atoms with van der Waals surface area (Å²) in [6.45, 7) is 5.63. The Balaban J connectivity index is 2.49. The molecule has 0 saturated carbocycles. The van der Waals surface area contributed by atoms with E-state index in [1.807, 2.05) is 0 Å². The molecule has 0 aromatic carbocycles. The maximum Gasteiger partial charge on any atom is 0.331 e. The lowest BCUT2D eigenvalue weighted by molar-refractivity contribution is -0.246. The second-order valence-electron chi connectivity index (χ2n) is 5.42. The maximum absolute atomic E-state index is 12.1. The summed E-state index contributed by atoms with van der Waals surface area (Å²) in [7, 11) is 0. The molecule has 0 atom stereocenters. The van der Waals surface area contributed by atoms with Crippen molar-refractivity contribution >= 4 is 23.5 Å². The Kier molecular flexibility index (Phi) is 2.92. The molecule has 1 heterocycles. The average Bonchev–Trinajstić information content (AvgIpc) is 2.31. The van der Waals surface area contributed by atoms with Crippen LogP contribution in [0.4, 0.5) is 0 Å². The number of hydrogen-bond acceptors (Lipinski definition) is 6. The fourth-order valence-corrected chi connectivity index (χ4v) is 2.02. The Bertz CT molecular complexity index is 585. The van der Waals surface area contributed by atoms with Crippen molar-refractivity contribution < 1.29 is 28.7 Å². The third kappa shape index (κ3) is 1.97. The van der Waals surface area contributed by atoms with Crippen molar-refractivity contribution in [3.05, 3.63) is 23.3 Å². The number of ether oxygens (including phenoxy) is 2. The fourth-order valence-electron chi connectivity index (χ4n) is 2.02. The van der Waals surface area contributed by atoms with Crippen LogP contribution in [0.3, 0.4) is 0 Å². The van der Waals surface area contributed by atoms with Crippen molar-refractivity contribution in [2.45, 2.75) is 33.5 Å².